The average molecular weight is 261 g/mol. The highest BCUT2D eigenvalue weighted by Gasteiger charge is 2.29. The maximum atomic E-state index is 11.9. The van der Waals surface area contributed by atoms with Gasteiger partial charge in [0.2, 0.25) is 11.9 Å². The normalized spacial score (nSPS) is 11.8. The van der Waals surface area contributed by atoms with Crippen molar-refractivity contribution in [2.24, 2.45) is 5.41 Å². The van der Waals surface area contributed by atoms with E-state index in [0.717, 1.165) is 11.1 Å². The quantitative estimate of drug-likeness (QED) is 0.866. The van der Waals surface area contributed by atoms with Crippen molar-refractivity contribution in [2.75, 3.05) is 12.8 Å². The molecule has 0 saturated carbocycles. The van der Waals surface area contributed by atoms with Gasteiger partial charge in [0.1, 0.15) is 5.52 Å². The van der Waals surface area contributed by atoms with Gasteiger partial charge >= 0.3 is 0 Å². The number of nitrogens with zero attached hydrogens (tertiary/aromatic N) is 3. The fraction of sp³-hybridized carbons (Fsp3) is 0.462. The Morgan fingerprint density at radius 1 is 1.53 bits per heavy atom. The predicted molar refractivity (Wildman–Crippen MR) is 74.5 cm³/mol. The van der Waals surface area contributed by atoms with Gasteiger partial charge in [-0.3, -0.25) is 9.36 Å². The number of nitrogens with two attached hydrogens (primary N) is 1. The lowest BCUT2D eigenvalue weighted by atomic mass is 9.92. The van der Waals surface area contributed by atoms with Crippen LogP contribution in [0.25, 0.3) is 11.2 Å². The number of amides is 1. The van der Waals surface area contributed by atoms with Crippen LogP contribution in [0.15, 0.2) is 12.3 Å². The van der Waals surface area contributed by atoms with E-state index in [1.165, 1.54) is 0 Å². The number of nitrogen functional groups attached to an aromatic ring is 1. The molecule has 3 N–H and O–H groups in total. The molecule has 0 aliphatic rings. The Morgan fingerprint density at radius 3 is 2.84 bits per heavy atom. The number of anilines is 1. The van der Waals surface area contributed by atoms with Gasteiger partial charge in [0.15, 0.2) is 5.65 Å². The van der Waals surface area contributed by atoms with E-state index in [1.807, 2.05) is 26.8 Å². The topological polar surface area (TPSA) is 85.8 Å². The molecule has 2 aromatic rings. The number of imidazole rings is 1. The van der Waals surface area contributed by atoms with Gasteiger partial charge in [-0.15, -0.1) is 0 Å². The van der Waals surface area contributed by atoms with E-state index in [2.05, 4.69) is 15.3 Å². The summed E-state index contributed by atoms with van der Waals surface area (Å²) < 4.78 is 1.78. The molecule has 6 heteroatoms. The van der Waals surface area contributed by atoms with Gasteiger partial charge < -0.3 is 11.1 Å². The summed E-state index contributed by atoms with van der Waals surface area (Å²) in [6, 6.07) is 1.93. The molecular formula is C13H19N5O. The summed E-state index contributed by atoms with van der Waals surface area (Å²) in [5.74, 6) is 0.339. The number of carbonyl (C=O) groups excluding carboxylic acids is 1. The minimum atomic E-state index is -0.580. The minimum Gasteiger partial charge on any atom is -0.369 e. The molecular weight excluding hydrogens is 242 g/mol. The molecule has 0 aliphatic heterocycles. The van der Waals surface area contributed by atoms with Crippen molar-refractivity contribution >= 4 is 23.0 Å². The fourth-order valence-electron chi connectivity index (χ4n) is 2.09. The highest BCUT2D eigenvalue weighted by atomic mass is 16.2. The number of hydrogen-bond acceptors (Lipinski definition) is 4. The zero-order chi connectivity index (χ0) is 14.2. The zero-order valence-corrected chi connectivity index (χ0v) is 11.7. The molecule has 6 nitrogen and oxygen atoms in total. The number of pyridine rings is 1. The third kappa shape index (κ3) is 2.38. The van der Waals surface area contributed by atoms with Gasteiger partial charge in [-0.2, -0.15) is 0 Å². The van der Waals surface area contributed by atoms with Crippen LogP contribution in [0.5, 0.6) is 0 Å². The second kappa shape index (κ2) is 4.53. The van der Waals surface area contributed by atoms with E-state index in [4.69, 9.17) is 5.73 Å². The maximum absolute atomic E-state index is 11.9. The summed E-state index contributed by atoms with van der Waals surface area (Å²) in [4.78, 5) is 20.5. The largest absolute Gasteiger partial charge is 0.369 e. The highest BCUT2D eigenvalue weighted by molar-refractivity contribution is 5.82. The lowest BCUT2D eigenvalue weighted by molar-refractivity contribution is -0.129. The molecule has 0 aromatic carbocycles. The van der Waals surface area contributed by atoms with Gasteiger partial charge in [0.25, 0.3) is 0 Å². The molecule has 0 spiro atoms. The summed E-state index contributed by atoms with van der Waals surface area (Å²) in [5, 5.41) is 2.66. The highest BCUT2D eigenvalue weighted by Crippen LogP contribution is 2.24. The van der Waals surface area contributed by atoms with Crippen molar-refractivity contribution in [1.82, 2.24) is 19.9 Å². The Hall–Kier alpha value is -2.11. The van der Waals surface area contributed by atoms with E-state index < -0.39 is 5.41 Å². The number of hydrogen-bond donors (Lipinski definition) is 2. The van der Waals surface area contributed by atoms with Crippen LogP contribution < -0.4 is 11.1 Å². The van der Waals surface area contributed by atoms with Crippen molar-refractivity contribution in [3.8, 4) is 0 Å². The van der Waals surface area contributed by atoms with Gasteiger partial charge in [-0.1, -0.05) is 0 Å². The number of aryl methyl sites for hydroxylation is 1. The van der Waals surface area contributed by atoms with Crippen LogP contribution >= 0.6 is 0 Å². The first-order chi connectivity index (χ1) is 8.85. The van der Waals surface area contributed by atoms with Gasteiger partial charge in [-0.05, 0) is 32.4 Å². The Balaban J connectivity index is 2.46. The molecule has 0 saturated heterocycles. The summed E-state index contributed by atoms with van der Waals surface area (Å²) in [5.41, 5.74) is 7.85. The lowest BCUT2D eigenvalue weighted by Crippen LogP contribution is -2.38. The SMILES string of the molecule is CNC(=O)C(C)(C)Cn1c(N)nc2cc(C)cnc21. The van der Waals surface area contributed by atoms with Crippen molar-refractivity contribution in [1.29, 1.82) is 0 Å². The first-order valence-electron chi connectivity index (χ1n) is 6.15. The zero-order valence-electron chi connectivity index (χ0n) is 11.7. The molecule has 1 amide bonds. The number of rotatable bonds is 3. The number of aromatic nitrogens is 3. The molecule has 0 unspecified atom stereocenters. The monoisotopic (exact) mass is 261 g/mol. The average Bonchev–Trinajstić information content (AvgIpc) is 2.63. The summed E-state index contributed by atoms with van der Waals surface area (Å²) >= 11 is 0. The van der Waals surface area contributed by atoms with E-state index >= 15 is 0 Å². The first-order valence-corrected chi connectivity index (χ1v) is 6.15. The van der Waals surface area contributed by atoms with Crippen molar-refractivity contribution < 1.29 is 4.79 Å². The molecule has 0 bridgehead atoms. The number of nitrogens with one attached hydrogen (secondary N) is 1. The molecule has 102 valence electrons. The molecule has 2 rings (SSSR count). The number of fused-ring (bicyclic) bond motifs is 1. The van der Waals surface area contributed by atoms with Gasteiger partial charge in [0, 0.05) is 19.8 Å². The smallest absolute Gasteiger partial charge is 0.227 e. The third-order valence-electron chi connectivity index (χ3n) is 3.15. The molecule has 0 fully saturated rings. The summed E-state index contributed by atoms with van der Waals surface area (Å²) in [7, 11) is 1.63. The van der Waals surface area contributed by atoms with Crippen LogP contribution in [0, 0.1) is 12.3 Å². The molecule has 0 aliphatic carbocycles. The van der Waals surface area contributed by atoms with Crippen molar-refractivity contribution in [3.05, 3.63) is 17.8 Å². The molecule has 0 radical (unpaired) electrons. The fourth-order valence-corrected chi connectivity index (χ4v) is 2.09. The standard InChI is InChI=1S/C13H19N5O/c1-8-5-9-10(16-6-8)18(12(14)17-9)7-13(2,3)11(19)15-4/h5-6H,7H2,1-4H3,(H2,14,17)(H,15,19). The third-order valence-corrected chi connectivity index (χ3v) is 3.15. The molecule has 19 heavy (non-hydrogen) atoms. The van der Waals surface area contributed by atoms with Crippen LogP contribution in [0.1, 0.15) is 19.4 Å². The van der Waals surface area contributed by atoms with Crippen molar-refractivity contribution in [2.45, 2.75) is 27.3 Å². The summed E-state index contributed by atoms with van der Waals surface area (Å²) in [6.45, 7) is 6.12. The molecule has 0 atom stereocenters. The van der Waals surface area contributed by atoms with Gasteiger partial charge in [-0.25, -0.2) is 9.97 Å². The lowest BCUT2D eigenvalue weighted by Gasteiger charge is -2.23. The van der Waals surface area contributed by atoms with Crippen LogP contribution in [-0.4, -0.2) is 27.5 Å². The molecule has 2 heterocycles. The van der Waals surface area contributed by atoms with Crippen LogP contribution in [0.2, 0.25) is 0 Å². The Labute approximate surface area is 112 Å². The van der Waals surface area contributed by atoms with E-state index in [9.17, 15) is 4.79 Å². The minimum absolute atomic E-state index is 0.0409. The maximum Gasteiger partial charge on any atom is 0.227 e. The van der Waals surface area contributed by atoms with Gasteiger partial charge in [0.05, 0.1) is 5.41 Å². The van der Waals surface area contributed by atoms with Crippen LogP contribution in [0.4, 0.5) is 5.95 Å². The predicted octanol–water partition coefficient (Wildman–Crippen LogP) is 1.09. The Kier molecular flexibility index (Phi) is 3.18. The second-order valence-corrected chi connectivity index (χ2v) is 5.37. The van der Waals surface area contributed by atoms with Crippen LogP contribution in [-0.2, 0) is 11.3 Å². The van der Waals surface area contributed by atoms with Crippen molar-refractivity contribution in [3.63, 3.8) is 0 Å². The Morgan fingerprint density at radius 2 is 2.21 bits per heavy atom. The second-order valence-electron chi connectivity index (χ2n) is 5.37. The first kappa shape index (κ1) is 13.3. The van der Waals surface area contributed by atoms with E-state index in [1.54, 1.807) is 17.8 Å². The Bertz CT molecular complexity index is 629. The number of carbonyl (C=O) groups is 1. The molecule has 2 aromatic heterocycles. The van der Waals surface area contributed by atoms with E-state index in [0.29, 0.717) is 18.1 Å². The van der Waals surface area contributed by atoms with E-state index in [-0.39, 0.29) is 5.91 Å². The van der Waals surface area contributed by atoms with Crippen LogP contribution in [0.3, 0.4) is 0 Å². The summed E-state index contributed by atoms with van der Waals surface area (Å²) in [6.07, 6.45) is 1.77.